The van der Waals surface area contributed by atoms with E-state index in [1.54, 1.807) is 22.7 Å². The van der Waals surface area contributed by atoms with Crippen molar-refractivity contribution < 1.29 is 9.18 Å². The molecule has 0 saturated carbocycles. The number of imidazole rings is 1. The van der Waals surface area contributed by atoms with E-state index in [1.807, 2.05) is 18.2 Å². The minimum atomic E-state index is -0.364. The summed E-state index contributed by atoms with van der Waals surface area (Å²) in [5.74, 6) is -0.622. The number of carbonyl (C=O) groups is 1. The smallest absolute Gasteiger partial charge is 0.269 e. The van der Waals surface area contributed by atoms with Gasteiger partial charge in [-0.2, -0.15) is 0 Å². The van der Waals surface area contributed by atoms with Gasteiger partial charge in [0.25, 0.3) is 5.91 Å². The Morgan fingerprint density at radius 3 is 2.95 bits per heavy atom. The van der Waals surface area contributed by atoms with E-state index in [-0.39, 0.29) is 11.7 Å². The maximum absolute atomic E-state index is 13.6. The Morgan fingerprint density at radius 2 is 2.14 bits per heavy atom. The van der Waals surface area contributed by atoms with Gasteiger partial charge in [0.2, 0.25) is 0 Å². The highest BCUT2D eigenvalue weighted by atomic mass is 35.5. The molecular weight excluding hydrogens is 305 g/mol. The first-order valence-corrected chi connectivity index (χ1v) is 7.18. The van der Waals surface area contributed by atoms with Gasteiger partial charge in [-0.3, -0.25) is 9.20 Å². The predicted molar refractivity (Wildman–Crippen MR) is 82.6 cm³/mol. The average molecular weight is 318 g/mol. The van der Waals surface area contributed by atoms with Gasteiger partial charge >= 0.3 is 0 Å². The minimum Gasteiger partial charge on any atom is -0.350 e. The first-order valence-electron chi connectivity index (χ1n) is 6.80. The fourth-order valence-corrected chi connectivity index (χ4v) is 2.52. The second-order valence-electron chi connectivity index (χ2n) is 4.78. The van der Waals surface area contributed by atoms with Crippen LogP contribution < -0.4 is 5.32 Å². The number of amides is 1. The summed E-state index contributed by atoms with van der Waals surface area (Å²) in [5, 5.41) is 3.12. The summed E-state index contributed by atoms with van der Waals surface area (Å²) in [6.45, 7) is 0.291. The summed E-state index contributed by atoms with van der Waals surface area (Å²) in [7, 11) is 0. The Labute approximate surface area is 131 Å². The standard InChI is InChI=1S/C16H13ClFN3O/c17-12-4-3-5-13(18)11(12)7-8-19-16(22)14-10-20-15-6-1-2-9-21(14)15/h1-6,9-10H,7-8H2,(H,19,22). The van der Waals surface area contributed by atoms with E-state index in [0.717, 1.165) is 0 Å². The number of nitrogens with one attached hydrogen (secondary N) is 1. The van der Waals surface area contributed by atoms with Crippen molar-refractivity contribution in [2.24, 2.45) is 0 Å². The number of aromatic nitrogens is 2. The van der Waals surface area contributed by atoms with Gasteiger partial charge in [0.1, 0.15) is 17.2 Å². The number of nitrogens with zero attached hydrogens (tertiary/aromatic N) is 2. The van der Waals surface area contributed by atoms with Crippen LogP contribution in [0.5, 0.6) is 0 Å². The normalized spacial score (nSPS) is 10.8. The Kier molecular flexibility index (Phi) is 4.06. The third-order valence-electron chi connectivity index (χ3n) is 3.37. The van der Waals surface area contributed by atoms with E-state index in [4.69, 9.17) is 11.6 Å². The van der Waals surface area contributed by atoms with Crippen molar-refractivity contribution in [3.63, 3.8) is 0 Å². The van der Waals surface area contributed by atoms with Crippen LogP contribution in [0.4, 0.5) is 4.39 Å². The summed E-state index contributed by atoms with van der Waals surface area (Å²) < 4.78 is 15.3. The zero-order valence-electron chi connectivity index (χ0n) is 11.6. The molecule has 3 aromatic rings. The zero-order chi connectivity index (χ0) is 15.5. The molecule has 1 aromatic carbocycles. The van der Waals surface area contributed by atoms with Gasteiger partial charge in [-0.15, -0.1) is 0 Å². The lowest BCUT2D eigenvalue weighted by Crippen LogP contribution is -2.27. The van der Waals surface area contributed by atoms with Gasteiger partial charge < -0.3 is 5.32 Å². The third kappa shape index (κ3) is 2.80. The molecule has 0 unspecified atom stereocenters. The molecule has 0 aliphatic heterocycles. The molecule has 2 aromatic heterocycles. The lowest BCUT2D eigenvalue weighted by atomic mass is 10.1. The molecule has 1 amide bonds. The number of fused-ring (bicyclic) bond motifs is 1. The zero-order valence-corrected chi connectivity index (χ0v) is 12.3. The monoisotopic (exact) mass is 317 g/mol. The predicted octanol–water partition coefficient (Wildman–Crippen LogP) is 3.10. The summed E-state index contributed by atoms with van der Waals surface area (Å²) in [5.41, 5.74) is 1.54. The van der Waals surface area contributed by atoms with Gasteiger partial charge in [-0.1, -0.05) is 23.7 Å². The molecule has 0 atom stereocenters. The second-order valence-corrected chi connectivity index (χ2v) is 5.19. The quantitative estimate of drug-likeness (QED) is 0.803. The Bertz CT molecular complexity index is 811. The van der Waals surface area contributed by atoms with E-state index in [2.05, 4.69) is 10.3 Å². The molecule has 1 N–H and O–H groups in total. The van der Waals surface area contributed by atoms with E-state index in [0.29, 0.717) is 34.9 Å². The van der Waals surface area contributed by atoms with Crippen molar-refractivity contribution in [3.05, 3.63) is 70.9 Å². The fourth-order valence-electron chi connectivity index (χ4n) is 2.26. The molecule has 4 nitrogen and oxygen atoms in total. The Balaban J connectivity index is 1.68. The Hall–Kier alpha value is -2.40. The highest BCUT2D eigenvalue weighted by molar-refractivity contribution is 6.31. The molecule has 3 rings (SSSR count). The Morgan fingerprint density at radius 1 is 1.27 bits per heavy atom. The number of benzene rings is 1. The molecule has 22 heavy (non-hydrogen) atoms. The SMILES string of the molecule is O=C(NCCc1c(F)cccc1Cl)c1cnc2ccccn12. The van der Waals surface area contributed by atoms with E-state index >= 15 is 0 Å². The van der Waals surface area contributed by atoms with Gasteiger partial charge in [0.15, 0.2) is 0 Å². The second kappa shape index (κ2) is 6.15. The van der Waals surface area contributed by atoms with Gasteiger partial charge in [0.05, 0.1) is 6.20 Å². The highest BCUT2D eigenvalue weighted by Crippen LogP contribution is 2.19. The lowest BCUT2D eigenvalue weighted by Gasteiger charge is -2.07. The number of carbonyl (C=O) groups excluding carboxylic acids is 1. The number of halogens is 2. The first kappa shape index (κ1) is 14.5. The molecule has 0 aliphatic carbocycles. The fraction of sp³-hybridized carbons (Fsp3) is 0.125. The molecule has 0 radical (unpaired) electrons. The van der Waals surface area contributed by atoms with Crippen LogP contribution in [0.2, 0.25) is 5.02 Å². The number of hydrogen-bond donors (Lipinski definition) is 1. The largest absolute Gasteiger partial charge is 0.350 e. The molecule has 0 spiro atoms. The van der Waals surface area contributed by atoms with E-state index in [1.165, 1.54) is 12.3 Å². The van der Waals surface area contributed by atoms with E-state index in [9.17, 15) is 9.18 Å². The summed E-state index contributed by atoms with van der Waals surface area (Å²) in [6, 6.07) is 10.0. The number of pyridine rings is 1. The molecule has 2 heterocycles. The van der Waals surface area contributed by atoms with Crippen LogP contribution in [0.1, 0.15) is 16.1 Å². The molecule has 6 heteroatoms. The summed E-state index contributed by atoms with van der Waals surface area (Å²) >= 11 is 5.96. The average Bonchev–Trinajstić information content (AvgIpc) is 2.94. The van der Waals surface area contributed by atoms with Crippen molar-refractivity contribution in [1.29, 1.82) is 0 Å². The van der Waals surface area contributed by atoms with Crippen LogP contribution in [0.25, 0.3) is 5.65 Å². The molecule has 0 fully saturated rings. The van der Waals surface area contributed by atoms with Gasteiger partial charge in [-0.05, 0) is 30.7 Å². The first-order chi connectivity index (χ1) is 10.7. The summed E-state index contributed by atoms with van der Waals surface area (Å²) in [6.07, 6.45) is 3.61. The maximum Gasteiger partial charge on any atom is 0.269 e. The summed E-state index contributed by atoms with van der Waals surface area (Å²) in [4.78, 5) is 16.3. The van der Waals surface area contributed by atoms with Gasteiger partial charge in [0, 0.05) is 23.3 Å². The number of rotatable bonds is 4. The van der Waals surface area contributed by atoms with Crippen molar-refractivity contribution in [2.75, 3.05) is 6.54 Å². The van der Waals surface area contributed by atoms with Crippen LogP contribution in [0.15, 0.2) is 48.8 Å². The maximum atomic E-state index is 13.6. The molecular formula is C16H13ClFN3O. The van der Waals surface area contributed by atoms with Crippen molar-refractivity contribution in [1.82, 2.24) is 14.7 Å². The van der Waals surface area contributed by atoms with Crippen LogP contribution in [0, 0.1) is 5.82 Å². The van der Waals surface area contributed by atoms with E-state index < -0.39 is 0 Å². The van der Waals surface area contributed by atoms with Crippen LogP contribution >= 0.6 is 11.6 Å². The highest BCUT2D eigenvalue weighted by Gasteiger charge is 2.12. The van der Waals surface area contributed by atoms with Crippen LogP contribution in [-0.2, 0) is 6.42 Å². The molecule has 0 bridgehead atoms. The van der Waals surface area contributed by atoms with Crippen molar-refractivity contribution in [2.45, 2.75) is 6.42 Å². The molecule has 0 saturated heterocycles. The topological polar surface area (TPSA) is 46.4 Å². The third-order valence-corrected chi connectivity index (χ3v) is 3.73. The van der Waals surface area contributed by atoms with Gasteiger partial charge in [-0.25, -0.2) is 9.37 Å². The van der Waals surface area contributed by atoms with Crippen molar-refractivity contribution >= 4 is 23.2 Å². The van der Waals surface area contributed by atoms with Crippen LogP contribution in [-0.4, -0.2) is 21.8 Å². The number of hydrogen-bond acceptors (Lipinski definition) is 2. The van der Waals surface area contributed by atoms with Crippen LogP contribution in [0.3, 0.4) is 0 Å². The van der Waals surface area contributed by atoms with Crippen molar-refractivity contribution in [3.8, 4) is 0 Å². The minimum absolute atomic E-state index is 0.258. The molecule has 0 aliphatic rings. The molecule has 112 valence electrons. The lowest BCUT2D eigenvalue weighted by molar-refractivity contribution is 0.0948.